The molecule has 0 saturated heterocycles. The molecule has 2 nitrogen and oxygen atoms in total. The molecule has 0 spiro atoms. The maximum Gasteiger partial charge on any atom is 0.139 e. The van der Waals surface area contributed by atoms with E-state index in [0.717, 1.165) is 33.3 Å². The van der Waals surface area contributed by atoms with Gasteiger partial charge in [0.25, 0.3) is 0 Å². The molecule has 1 aromatic heterocycles. The quantitative estimate of drug-likeness (QED) is 0.805. The Labute approximate surface area is 113 Å². The first-order valence-corrected chi connectivity index (χ1v) is 6.82. The van der Waals surface area contributed by atoms with Crippen LogP contribution in [-0.4, -0.2) is 9.97 Å². The van der Waals surface area contributed by atoms with Gasteiger partial charge in [0.15, 0.2) is 0 Å². The lowest BCUT2D eigenvalue weighted by Crippen LogP contribution is -1.97. The first kappa shape index (κ1) is 11.1. The number of aromatic amines is 1. The number of hydrogen-bond donors (Lipinski definition) is 1. The van der Waals surface area contributed by atoms with Crippen LogP contribution >= 0.6 is 28.1 Å². The molecule has 0 unspecified atom stereocenters. The lowest BCUT2D eigenvalue weighted by atomic mass is 10.2. The summed E-state index contributed by atoms with van der Waals surface area (Å²) in [4.78, 5) is 7.90. The number of H-pyrrole nitrogens is 1. The minimum absolute atomic E-state index is 0.758. The Morgan fingerprint density at radius 2 is 1.94 bits per heavy atom. The molecule has 0 bridgehead atoms. The van der Waals surface area contributed by atoms with E-state index in [0.29, 0.717) is 0 Å². The second kappa shape index (κ2) is 4.35. The van der Waals surface area contributed by atoms with Gasteiger partial charge in [-0.05, 0) is 31.4 Å². The van der Waals surface area contributed by atoms with E-state index < -0.39 is 0 Å². The molecule has 0 atom stereocenters. The molecule has 17 heavy (non-hydrogen) atoms. The minimum atomic E-state index is 0.758. The Morgan fingerprint density at radius 3 is 2.71 bits per heavy atom. The maximum absolute atomic E-state index is 5.35. The maximum atomic E-state index is 5.35. The predicted molar refractivity (Wildman–Crippen MR) is 74.6 cm³/mol. The molecule has 1 aromatic carbocycles. The molecule has 1 aliphatic carbocycles. The second-order valence-electron chi connectivity index (χ2n) is 4.21. The van der Waals surface area contributed by atoms with E-state index >= 15 is 0 Å². The van der Waals surface area contributed by atoms with Crippen molar-refractivity contribution in [3.05, 3.63) is 44.6 Å². The van der Waals surface area contributed by atoms with Gasteiger partial charge in [-0.1, -0.05) is 40.3 Å². The molecule has 1 aliphatic rings. The monoisotopic (exact) mass is 306 g/mol. The molecule has 2 aromatic rings. The second-order valence-corrected chi connectivity index (χ2v) is 5.51. The van der Waals surface area contributed by atoms with Crippen LogP contribution < -0.4 is 0 Å². The zero-order chi connectivity index (χ0) is 11.8. The van der Waals surface area contributed by atoms with E-state index in [-0.39, 0.29) is 0 Å². The summed E-state index contributed by atoms with van der Waals surface area (Å²) in [7, 11) is 0. The fourth-order valence-corrected chi connectivity index (χ4v) is 2.78. The Balaban J connectivity index is 2.13. The van der Waals surface area contributed by atoms with Gasteiger partial charge in [-0.2, -0.15) is 0 Å². The van der Waals surface area contributed by atoms with Gasteiger partial charge in [-0.15, -0.1) is 0 Å². The SMILES string of the molecule is S=c1nc(-c2ccc(Br)cc2)[nH]c2c1CCC2. The summed E-state index contributed by atoms with van der Waals surface area (Å²) in [5.74, 6) is 0.878. The van der Waals surface area contributed by atoms with Gasteiger partial charge in [-0.25, -0.2) is 4.98 Å². The fraction of sp³-hybridized carbons (Fsp3) is 0.231. The van der Waals surface area contributed by atoms with Crippen LogP contribution in [0.4, 0.5) is 0 Å². The fourth-order valence-electron chi connectivity index (χ4n) is 2.20. The summed E-state index contributed by atoms with van der Waals surface area (Å²) < 4.78 is 1.83. The number of benzene rings is 1. The summed E-state index contributed by atoms with van der Waals surface area (Å²) in [6.45, 7) is 0. The van der Waals surface area contributed by atoms with E-state index in [9.17, 15) is 0 Å². The Bertz CT molecular complexity index is 616. The zero-order valence-electron chi connectivity index (χ0n) is 9.16. The van der Waals surface area contributed by atoms with Gasteiger partial charge >= 0.3 is 0 Å². The highest BCUT2D eigenvalue weighted by Gasteiger charge is 2.15. The number of halogens is 1. The van der Waals surface area contributed by atoms with Gasteiger partial charge in [0.2, 0.25) is 0 Å². The third-order valence-electron chi connectivity index (χ3n) is 3.08. The summed E-state index contributed by atoms with van der Waals surface area (Å²) >= 11 is 8.78. The van der Waals surface area contributed by atoms with Crippen LogP contribution in [0.1, 0.15) is 17.7 Å². The molecule has 3 rings (SSSR count). The molecule has 1 heterocycles. The molecule has 86 valence electrons. The number of rotatable bonds is 1. The standard InChI is InChI=1S/C13H11BrN2S/c14-9-6-4-8(5-7-9)12-15-11-3-1-2-10(11)13(17)16-12/h4-7H,1-3H2,(H,15,16,17). The molecule has 0 radical (unpaired) electrons. The zero-order valence-corrected chi connectivity index (χ0v) is 11.6. The summed E-state index contributed by atoms with van der Waals surface area (Å²) in [6, 6.07) is 8.11. The highest BCUT2D eigenvalue weighted by atomic mass is 79.9. The summed E-state index contributed by atoms with van der Waals surface area (Å²) in [5.41, 5.74) is 3.58. The predicted octanol–water partition coefficient (Wildman–Crippen LogP) is 4.06. The molecule has 1 N–H and O–H groups in total. The van der Waals surface area contributed by atoms with Gasteiger partial charge in [0.1, 0.15) is 10.5 Å². The van der Waals surface area contributed by atoms with Crippen LogP contribution in [0.2, 0.25) is 0 Å². The third kappa shape index (κ3) is 2.07. The number of nitrogens with one attached hydrogen (secondary N) is 1. The van der Waals surface area contributed by atoms with E-state index in [1.165, 1.54) is 17.7 Å². The lowest BCUT2D eigenvalue weighted by molar-refractivity contribution is 0.899. The van der Waals surface area contributed by atoms with Crippen molar-refractivity contribution >= 4 is 28.1 Å². The molecule has 4 heteroatoms. The Kier molecular flexibility index (Phi) is 2.84. The van der Waals surface area contributed by atoms with Crippen molar-refractivity contribution in [1.29, 1.82) is 0 Å². The van der Waals surface area contributed by atoms with Crippen LogP contribution in [0.25, 0.3) is 11.4 Å². The average Bonchev–Trinajstić information content (AvgIpc) is 2.78. The molecule has 0 aliphatic heterocycles. The summed E-state index contributed by atoms with van der Waals surface area (Å²) in [5, 5.41) is 0. The van der Waals surface area contributed by atoms with E-state index in [4.69, 9.17) is 12.2 Å². The van der Waals surface area contributed by atoms with Crippen LogP contribution in [-0.2, 0) is 12.8 Å². The first-order valence-electron chi connectivity index (χ1n) is 5.62. The summed E-state index contributed by atoms with van der Waals surface area (Å²) in [6.07, 6.45) is 3.34. The highest BCUT2D eigenvalue weighted by Crippen LogP contribution is 2.24. The highest BCUT2D eigenvalue weighted by molar-refractivity contribution is 9.10. The van der Waals surface area contributed by atoms with Crippen LogP contribution in [0.15, 0.2) is 28.7 Å². The molecule has 0 fully saturated rings. The average molecular weight is 307 g/mol. The largest absolute Gasteiger partial charge is 0.343 e. The van der Waals surface area contributed by atoms with Gasteiger partial charge < -0.3 is 4.98 Å². The third-order valence-corrected chi connectivity index (χ3v) is 3.94. The minimum Gasteiger partial charge on any atom is -0.343 e. The van der Waals surface area contributed by atoms with Crippen molar-refractivity contribution < 1.29 is 0 Å². The molecular weight excluding hydrogens is 296 g/mol. The number of aryl methyl sites for hydroxylation is 1. The number of fused-ring (bicyclic) bond motifs is 1. The van der Waals surface area contributed by atoms with Crippen LogP contribution in [0.5, 0.6) is 0 Å². The van der Waals surface area contributed by atoms with Crippen LogP contribution in [0, 0.1) is 4.64 Å². The topological polar surface area (TPSA) is 28.7 Å². The number of nitrogens with zero attached hydrogens (tertiary/aromatic N) is 1. The number of aromatic nitrogens is 2. The lowest BCUT2D eigenvalue weighted by Gasteiger charge is -2.05. The van der Waals surface area contributed by atoms with Crippen molar-refractivity contribution in [3.63, 3.8) is 0 Å². The van der Waals surface area contributed by atoms with Crippen molar-refractivity contribution in [2.24, 2.45) is 0 Å². The van der Waals surface area contributed by atoms with Gasteiger partial charge in [0.05, 0.1) is 0 Å². The Morgan fingerprint density at radius 1 is 1.18 bits per heavy atom. The molecule has 0 amide bonds. The van der Waals surface area contributed by atoms with Crippen molar-refractivity contribution in [2.45, 2.75) is 19.3 Å². The van der Waals surface area contributed by atoms with E-state index in [1.54, 1.807) is 0 Å². The first-order chi connectivity index (χ1) is 8.24. The smallest absolute Gasteiger partial charge is 0.139 e. The number of hydrogen-bond acceptors (Lipinski definition) is 2. The van der Waals surface area contributed by atoms with E-state index in [2.05, 4.69) is 25.9 Å². The van der Waals surface area contributed by atoms with Crippen LogP contribution in [0.3, 0.4) is 0 Å². The normalized spacial score (nSPS) is 13.7. The van der Waals surface area contributed by atoms with Gasteiger partial charge in [0, 0.05) is 21.3 Å². The Hall–Kier alpha value is -1.00. The molecular formula is C13H11BrN2S. The van der Waals surface area contributed by atoms with Crippen molar-refractivity contribution in [3.8, 4) is 11.4 Å². The van der Waals surface area contributed by atoms with Gasteiger partial charge in [-0.3, -0.25) is 0 Å². The molecule has 0 saturated carbocycles. The van der Waals surface area contributed by atoms with Crippen molar-refractivity contribution in [1.82, 2.24) is 9.97 Å². The van der Waals surface area contributed by atoms with Crippen molar-refractivity contribution in [2.75, 3.05) is 0 Å². The van der Waals surface area contributed by atoms with E-state index in [1.807, 2.05) is 24.3 Å².